The predicted molar refractivity (Wildman–Crippen MR) is 81.3 cm³/mol. The molecule has 1 aliphatic rings. The van der Waals surface area contributed by atoms with Crippen LogP contribution in [0.5, 0.6) is 0 Å². The fraction of sp³-hybridized carbons (Fsp3) is 0.688. The lowest BCUT2D eigenvalue weighted by Gasteiger charge is -2.30. The number of allylic oxidation sites excluding steroid dienone is 1. The molecule has 0 saturated heterocycles. The number of nitrogens with zero attached hydrogens (tertiary/aromatic N) is 2. The molecule has 1 aliphatic carbocycles. The zero-order valence-electron chi connectivity index (χ0n) is 13.1. The van der Waals surface area contributed by atoms with Crippen molar-refractivity contribution < 1.29 is 5.11 Å². The van der Waals surface area contributed by atoms with Crippen LogP contribution < -0.4 is 5.32 Å². The minimum absolute atomic E-state index is 0.551. The van der Waals surface area contributed by atoms with Crippen LogP contribution in [-0.2, 0) is 12.6 Å². The van der Waals surface area contributed by atoms with Crippen LogP contribution in [0.15, 0.2) is 24.0 Å². The molecule has 1 aromatic rings. The van der Waals surface area contributed by atoms with E-state index in [1.807, 2.05) is 20.2 Å². The maximum absolute atomic E-state index is 10.5. The monoisotopic (exact) mass is 277 g/mol. The van der Waals surface area contributed by atoms with Gasteiger partial charge in [0, 0.05) is 31.9 Å². The molecule has 20 heavy (non-hydrogen) atoms. The molecular formula is C16H27N3O. The summed E-state index contributed by atoms with van der Waals surface area (Å²) in [7, 11) is 1.87. The molecule has 3 atom stereocenters. The Hall–Kier alpha value is -1.13. The van der Waals surface area contributed by atoms with Crippen molar-refractivity contribution in [2.75, 3.05) is 13.1 Å². The Morgan fingerprint density at radius 1 is 1.55 bits per heavy atom. The second-order valence-electron chi connectivity index (χ2n) is 6.42. The van der Waals surface area contributed by atoms with Gasteiger partial charge in [0.15, 0.2) is 0 Å². The van der Waals surface area contributed by atoms with Gasteiger partial charge in [-0.05, 0) is 38.5 Å². The van der Waals surface area contributed by atoms with Crippen LogP contribution in [0.25, 0.3) is 0 Å². The predicted octanol–water partition coefficient (Wildman–Crippen LogP) is 2.21. The molecule has 0 unspecified atom stereocenters. The van der Waals surface area contributed by atoms with Gasteiger partial charge in [-0.3, -0.25) is 4.68 Å². The Labute approximate surface area is 121 Å². The highest BCUT2D eigenvalue weighted by atomic mass is 16.3. The van der Waals surface area contributed by atoms with E-state index < -0.39 is 5.60 Å². The van der Waals surface area contributed by atoms with Gasteiger partial charge in [0.25, 0.3) is 0 Å². The summed E-state index contributed by atoms with van der Waals surface area (Å²) in [5.41, 5.74) is 1.47. The molecule has 0 amide bonds. The zero-order chi connectivity index (χ0) is 14.8. The van der Waals surface area contributed by atoms with Crippen molar-refractivity contribution in [3.8, 4) is 0 Å². The summed E-state index contributed by atoms with van der Waals surface area (Å²) in [6, 6.07) is 0. The van der Waals surface area contributed by atoms with Crippen LogP contribution in [0.4, 0.5) is 0 Å². The van der Waals surface area contributed by atoms with Gasteiger partial charge in [-0.15, -0.1) is 0 Å². The third-order valence-electron chi connectivity index (χ3n) is 4.52. The summed E-state index contributed by atoms with van der Waals surface area (Å²) in [6.45, 7) is 7.86. The largest absolute Gasteiger partial charge is 0.384 e. The Morgan fingerprint density at radius 2 is 2.30 bits per heavy atom. The number of aliphatic hydroxyl groups is 1. The van der Waals surface area contributed by atoms with E-state index >= 15 is 0 Å². The molecule has 112 valence electrons. The van der Waals surface area contributed by atoms with Crippen LogP contribution in [0.1, 0.15) is 39.2 Å². The molecule has 1 heterocycles. The average Bonchev–Trinajstić information content (AvgIpc) is 2.80. The van der Waals surface area contributed by atoms with Crippen molar-refractivity contribution >= 4 is 0 Å². The number of aryl methyl sites for hydroxylation is 1. The SMILES string of the molecule is CC1=CCC[C@H](C)[C@H]1CNC[C@@](C)(O)c1cnn(C)c1. The number of nitrogens with one attached hydrogen (secondary N) is 1. The van der Waals surface area contributed by atoms with Gasteiger partial charge in [-0.25, -0.2) is 0 Å². The molecule has 0 saturated carbocycles. The normalized spacial score (nSPS) is 26.1. The molecule has 0 fully saturated rings. The smallest absolute Gasteiger partial charge is 0.102 e. The lowest BCUT2D eigenvalue weighted by atomic mass is 9.80. The summed E-state index contributed by atoms with van der Waals surface area (Å²) in [4.78, 5) is 0. The van der Waals surface area contributed by atoms with E-state index in [1.54, 1.807) is 10.9 Å². The fourth-order valence-electron chi connectivity index (χ4n) is 3.01. The minimum atomic E-state index is -0.871. The molecule has 1 aromatic heterocycles. The first-order chi connectivity index (χ1) is 9.40. The van der Waals surface area contributed by atoms with Crippen LogP contribution in [0.2, 0.25) is 0 Å². The molecular weight excluding hydrogens is 250 g/mol. The van der Waals surface area contributed by atoms with Crippen LogP contribution in [0.3, 0.4) is 0 Å². The second kappa shape index (κ2) is 6.10. The molecule has 0 spiro atoms. The number of hydrogen-bond donors (Lipinski definition) is 2. The maximum Gasteiger partial charge on any atom is 0.102 e. The van der Waals surface area contributed by atoms with Crippen molar-refractivity contribution in [1.29, 1.82) is 0 Å². The van der Waals surface area contributed by atoms with Crippen LogP contribution in [-0.4, -0.2) is 28.0 Å². The summed E-state index contributed by atoms with van der Waals surface area (Å²) in [6.07, 6.45) is 8.43. The topological polar surface area (TPSA) is 50.1 Å². The molecule has 2 N–H and O–H groups in total. The van der Waals surface area contributed by atoms with Gasteiger partial charge in [0.2, 0.25) is 0 Å². The second-order valence-corrected chi connectivity index (χ2v) is 6.42. The van der Waals surface area contributed by atoms with E-state index in [9.17, 15) is 5.11 Å². The third kappa shape index (κ3) is 3.49. The van der Waals surface area contributed by atoms with E-state index in [4.69, 9.17) is 0 Å². The molecule has 4 heteroatoms. The average molecular weight is 277 g/mol. The lowest BCUT2D eigenvalue weighted by molar-refractivity contribution is 0.0555. The summed E-state index contributed by atoms with van der Waals surface area (Å²) < 4.78 is 1.72. The quantitative estimate of drug-likeness (QED) is 0.811. The number of aromatic nitrogens is 2. The van der Waals surface area contributed by atoms with E-state index in [0.717, 1.165) is 18.0 Å². The first-order valence-electron chi connectivity index (χ1n) is 7.49. The highest BCUT2D eigenvalue weighted by Gasteiger charge is 2.26. The Bertz CT molecular complexity index is 476. The Morgan fingerprint density at radius 3 is 2.90 bits per heavy atom. The van der Waals surface area contributed by atoms with Crippen molar-refractivity contribution in [3.63, 3.8) is 0 Å². The van der Waals surface area contributed by atoms with E-state index in [1.165, 1.54) is 18.4 Å². The van der Waals surface area contributed by atoms with E-state index in [2.05, 4.69) is 30.3 Å². The van der Waals surface area contributed by atoms with Gasteiger partial charge < -0.3 is 10.4 Å². The number of hydrogen-bond acceptors (Lipinski definition) is 3. The van der Waals surface area contributed by atoms with Crippen molar-refractivity contribution in [3.05, 3.63) is 29.6 Å². The maximum atomic E-state index is 10.5. The molecule has 0 radical (unpaired) electrons. The Kier molecular flexibility index (Phi) is 4.66. The van der Waals surface area contributed by atoms with Crippen molar-refractivity contribution in [2.24, 2.45) is 18.9 Å². The van der Waals surface area contributed by atoms with Gasteiger partial charge >= 0.3 is 0 Å². The first-order valence-corrected chi connectivity index (χ1v) is 7.49. The lowest BCUT2D eigenvalue weighted by Crippen LogP contribution is -2.39. The van der Waals surface area contributed by atoms with Gasteiger partial charge in [-0.1, -0.05) is 18.6 Å². The van der Waals surface area contributed by atoms with Crippen molar-refractivity contribution in [1.82, 2.24) is 15.1 Å². The first kappa shape index (κ1) is 15.3. The standard InChI is InChI=1S/C16H27N3O/c1-12-6-5-7-13(2)15(12)9-17-11-16(3,20)14-8-18-19(4)10-14/h6,8,10,13,15,17,20H,5,7,9,11H2,1-4H3/t13-,15-,16+/m0/s1. The molecule has 0 bridgehead atoms. The summed E-state index contributed by atoms with van der Waals surface area (Å²) >= 11 is 0. The summed E-state index contributed by atoms with van der Waals surface area (Å²) in [5, 5.41) is 18.1. The van der Waals surface area contributed by atoms with Gasteiger partial charge in [0.1, 0.15) is 5.60 Å². The highest BCUT2D eigenvalue weighted by molar-refractivity contribution is 5.15. The molecule has 2 rings (SSSR count). The van der Waals surface area contributed by atoms with Crippen LogP contribution >= 0.6 is 0 Å². The zero-order valence-corrected chi connectivity index (χ0v) is 13.1. The molecule has 4 nitrogen and oxygen atoms in total. The van der Waals surface area contributed by atoms with Gasteiger partial charge in [0.05, 0.1) is 6.20 Å². The molecule has 0 aromatic carbocycles. The summed E-state index contributed by atoms with van der Waals surface area (Å²) in [5.74, 6) is 1.31. The third-order valence-corrected chi connectivity index (χ3v) is 4.52. The fourth-order valence-corrected chi connectivity index (χ4v) is 3.01. The molecule has 0 aliphatic heterocycles. The van der Waals surface area contributed by atoms with Crippen LogP contribution in [0, 0.1) is 11.8 Å². The van der Waals surface area contributed by atoms with E-state index in [0.29, 0.717) is 12.5 Å². The minimum Gasteiger partial charge on any atom is -0.384 e. The Balaban J connectivity index is 1.89. The van der Waals surface area contributed by atoms with Crippen molar-refractivity contribution in [2.45, 2.75) is 39.2 Å². The van der Waals surface area contributed by atoms with E-state index in [-0.39, 0.29) is 0 Å². The highest BCUT2D eigenvalue weighted by Crippen LogP contribution is 2.29. The number of rotatable bonds is 5. The van der Waals surface area contributed by atoms with Gasteiger partial charge in [-0.2, -0.15) is 5.10 Å².